The lowest BCUT2D eigenvalue weighted by atomic mass is 10.1. The van der Waals surface area contributed by atoms with Gasteiger partial charge in [0.15, 0.2) is 0 Å². The molecule has 2 aromatic rings. The summed E-state index contributed by atoms with van der Waals surface area (Å²) in [5.74, 6) is 0. The first kappa shape index (κ1) is 15.7. The zero-order valence-electron chi connectivity index (χ0n) is 13.0. The summed E-state index contributed by atoms with van der Waals surface area (Å²) in [6, 6.07) is 10.7. The van der Waals surface area contributed by atoms with Crippen molar-refractivity contribution in [1.82, 2.24) is 14.8 Å². The summed E-state index contributed by atoms with van der Waals surface area (Å²) in [5, 5.41) is 0. The molecule has 22 heavy (non-hydrogen) atoms. The van der Waals surface area contributed by atoms with Crippen LogP contribution in [0.2, 0.25) is 0 Å². The van der Waals surface area contributed by atoms with Crippen LogP contribution in [0.3, 0.4) is 0 Å². The second kappa shape index (κ2) is 7.36. The predicted molar refractivity (Wildman–Crippen MR) is 93.7 cm³/mol. The van der Waals surface area contributed by atoms with Gasteiger partial charge in [0.25, 0.3) is 0 Å². The lowest BCUT2D eigenvalue weighted by Crippen LogP contribution is -2.45. The average Bonchev–Trinajstić information content (AvgIpc) is 2.54. The second-order valence-electron chi connectivity index (χ2n) is 5.98. The Kier molecular flexibility index (Phi) is 5.24. The van der Waals surface area contributed by atoms with Gasteiger partial charge in [0.1, 0.15) is 0 Å². The second-order valence-corrected chi connectivity index (χ2v) is 6.90. The molecule has 0 amide bonds. The lowest BCUT2D eigenvalue weighted by molar-refractivity contribution is 0.122. The van der Waals surface area contributed by atoms with E-state index in [4.69, 9.17) is 0 Å². The fourth-order valence-electron chi connectivity index (χ4n) is 2.86. The molecule has 0 unspecified atom stereocenters. The number of nitrogens with zero attached hydrogens (tertiary/aromatic N) is 3. The third-order valence-corrected chi connectivity index (χ3v) is 4.85. The highest BCUT2D eigenvalue weighted by atomic mass is 79.9. The van der Waals surface area contributed by atoms with Crippen molar-refractivity contribution in [2.75, 3.05) is 26.2 Å². The molecule has 3 rings (SSSR count). The van der Waals surface area contributed by atoms with Crippen molar-refractivity contribution in [1.29, 1.82) is 0 Å². The van der Waals surface area contributed by atoms with Crippen molar-refractivity contribution in [2.24, 2.45) is 0 Å². The number of aromatic nitrogens is 1. The number of halogens is 1. The van der Waals surface area contributed by atoms with E-state index >= 15 is 0 Å². The highest BCUT2D eigenvalue weighted by Gasteiger charge is 2.17. The molecule has 1 saturated heterocycles. The van der Waals surface area contributed by atoms with Gasteiger partial charge in [-0.2, -0.15) is 0 Å². The van der Waals surface area contributed by atoms with E-state index in [0.717, 1.165) is 43.7 Å². The van der Waals surface area contributed by atoms with Gasteiger partial charge < -0.3 is 0 Å². The Morgan fingerprint density at radius 3 is 2.23 bits per heavy atom. The van der Waals surface area contributed by atoms with Crippen LogP contribution in [0.1, 0.15) is 16.7 Å². The maximum atomic E-state index is 4.25. The number of piperazine rings is 1. The van der Waals surface area contributed by atoms with Gasteiger partial charge in [0, 0.05) is 56.1 Å². The average molecular weight is 360 g/mol. The molecule has 1 fully saturated rings. The smallest absolute Gasteiger partial charge is 0.0315 e. The van der Waals surface area contributed by atoms with Gasteiger partial charge in [-0.25, -0.2) is 0 Å². The van der Waals surface area contributed by atoms with Gasteiger partial charge >= 0.3 is 0 Å². The summed E-state index contributed by atoms with van der Waals surface area (Å²) in [6.45, 7) is 8.76. The molecule has 1 aliphatic heterocycles. The Morgan fingerprint density at radius 2 is 1.59 bits per heavy atom. The molecule has 0 bridgehead atoms. The molecule has 116 valence electrons. The van der Waals surface area contributed by atoms with Crippen LogP contribution < -0.4 is 0 Å². The van der Waals surface area contributed by atoms with Gasteiger partial charge in [0.2, 0.25) is 0 Å². The summed E-state index contributed by atoms with van der Waals surface area (Å²) < 4.78 is 1.15. The van der Waals surface area contributed by atoms with Gasteiger partial charge in [-0.15, -0.1) is 0 Å². The molecule has 4 heteroatoms. The monoisotopic (exact) mass is 359 g/mol. The zero-order chi connectivity index (χ0) is 15.4. The van der Waals surface area contributed by atoms with E-state index in [2.05, 4.69) is 68.0 Å². The third-order valence-electron chi connectivity index (χ3n) is 4.33. The first-order valence-corrected chi connectivity index (χ1v) is 8.58. The van der Waals surface area contributed by atoms with E-state index in [1.807, 2.05) is 12.4 Å². The van der Waals surface area contributed by atoms with Crippen molar-refractivity contribution < 1.29 is 0 Å². The first-order valence-electron chi connectivity index (χ1n) is 7.79. The molecule has 0 N–H and O–H groups in total. The molecule has 3 nitrogen and oxygen atoms in total. The minimum atomic E-state index is 1.02. The highest BCUT2D eigenvalue weighted by molar-refractivity contribution is 9.10. The summed E-state index contributed by atoms with van der Waals surface area (Å²) in [5.41, 5.74) is 4.08. The predicted octanol–water partition coefficient (Wildman–Crippen LogP) is 3.47. The lowest BCUT2D eigenvalue weighted by Gasteiger charge is -2.35. The SMILES string of the molecule is Cc1ccncc1CN1CCN(Cc2ccc(Br)cc2)CC1. The third kappa shape index (κ3) is 4.15. The van der Waals surface area contributed by atoms with Gasteiger partial charge in [-0.3, -0.25) is 14.8 Å². The summed E-state index contributed by atoms with van der Waals surface area (Å²) in [7, 11) is 0. The molecular weight excluding hydrogens is 338 g/mol. The Balaban J connectivity index is 1.50. The fraction of sp³-hybridized carbons (Fsp3) is 0.389. The van der Waals surface area contributed by atoms with E-state index in [9.17, 15) is 0 Å². The first-order chi connectivity index (χ1) is 10.7. The molecule has 0 aliphatic carbocycles. The van der Waals surface area contributed by atoms with Crippen molar-refractivity contribution in [3.05, 3.63) is 63.9 Å². The summed E-state index contributed by atoms with van der Waals surface area (Å²) in [4.78, 5) is 9.32. The van der Waals surface area contributed by atoms with Crippen molar-refractivity contribution in [2.45, 2.75) is 20.0 Å². The number of rotatable bonds is 4. The van der Waals surface area contributed by atoms with E-state index in [1.165, 1.54) is 16.7 Å². The Bertz CT molecular complexity index is 604. The quantitative estimate of drug-likeness (QED) is 0.832. The maximum absolute atomic E-state index is 4.25. The molecule has 0 spiro atoms. The topological polar surface area (TPSA) is 19.4 Å². The van der Waals surface area contributed by atoms with E-state index in [1.54, 1.807) is 0 Å². The van der Waals surface area contributed by atoms with Crippen LogP contribution in [-0.4, -0.2) is 41.0 Å². The normalized spacial score (nSPS) is 16.8. The number of aryl methyl sites for hydroxylation is 1. The van der Waals surface area contributed by atoms with Crippen molar-refractivity contribution in [3.8, 4) is 0 Å². The highest BCUT2D eigenvalue weighted by Crippen LogP contribution is 2.15. The summed E-state index contributed by atoms with van der Waals surface area (Å²) >= 11 is 3.49. The minimum Gasteiger partial charge on any atom is -0.297 e. The van der Waals surface area contributed by atoms with Gasteiger partial charge in [-0.1, -0.05) is 28.1 Å². The van der Waals surface area contributed by atoms with Crippen LogP contribution in [0.25, 0.3) is 0 Å². The van der Waals surface area contributed by atoms with Crippen molar-refractivity contribution in [3.63, 3.8) is 0 Å². The van der Waals surface area contributed by atoms with E-state index < -0.39 is 0 Å². The molecule has 0 saturated carbocycles. The largest absolute Gasteiger partial charge is 0.297 e. The van der Waals surface area contributed by atoms with E-state index in [0.29, 0.717) is 0 Å². The minimum absolute atomic E-state index is 1.02. The van der Waals surface area contributed by atoms with E-state index in [-0.39, 0.29) is 0 Å². The molecule has 0 atom stereocenters. The van der Waals surface area contributed by atoms with Crippen LogP contribution in [0.5, 0.6) is 0 Å². The van der Waals surface area contributed by atoms with Crippen molar-refractivity contribution >= 4 is 15.9 Å². The number of pyridine rings is 1. The molecule has 2 heterocycles. The van der Waals surface area contributed by atoms with Gasteiger partial charge in [0.05, 0.1) is 0 Å². The van der Waals surface area contributed by atoms with Crippen LogP contribution in [-0.2, 0) is 13.1 Å². The Labute approximate surface area is 141 Å². The van der Waals surface area contributed by atoms with Gasteiger partial charge in [-0.05, 0) is 41.8 Å². The molecule has 1 aliphatic rings. The van der Waals surface area contributed by atoms with Crippen LogP contribution in [0.15, 0.2) is 47.2 Å². The number of benzene rings is 1. The zero-order valence-corrected chi connectivity index (χ0v) is 14.6. The Morgan fingerprint density at radius 1 is 0.955 bits per heavy atom. The number of hydrogen-bond donors (Lipinski definition) is 0. The number of hydrogen-bond acceptors (Lipinski definition) is 3. The molecule has 0 radical (unpaired) electrons. The molecule has 1 aromatic heterocycles. The fourth-order valence-corrected chi connectivity index (χ4v) is 3.12. The van der Waals surface area contributed by atoms with Crippen LogP contribution in [0.4, 0.5) is 0 Å². The van der Waals surface area contributed by atoms with Crippen LogP contribution in [0, 0.1) is 6.92 Å². The molecular formula is C18H22BrN3. The Hall–Kier alpha value is -1.23. The van der Waals surface area contributed by atoms with Crippen LogP contribution >= 0.6 is 15.9 Å². The summed E-state index contributed by atoms with van der Waals surface area (Å²) in [6.07, 6.45) is 3.87. The standard InChI is InChI=1S/C18H22BrN3/c1-15-6-7-20-12-17(15)14-22-10-8-21(9-11-22)13-16-2-4-18(19)5-3-16/h2-7,12H,8-11,13-14H2,1H3. The molecule has 1 aromatic carbocycles. The maximum Gasteiger partial charge on any atom is 0.0315 e.